The number of nitrogens with one attached hydrogen (secondary N) is 1. The highest BCUT2D eigenvalue weighted by Gasteiger charge is 2.07. The van der Waals surface area contributed by atoms with Gasteiger partial charge in [0.2, 0.25) is 5.91 Å². The molecule has 2 aromatic heterocycles. The van der Waals surface area contributed by atoms with Gasteiger partial charge in [-0.2, -0.15) is 5.10 Å². The first-order chi connectivity index (χ1) is 8.15. The van der Waals surface area contributed by atoms with E-state index in [9.17, 15) is 4.79 Å². The summed E-state index contributed by atoms with van der Waals surface area (Å²) in [5.41, 5.74) is 1.31. The largest absolute Gasteiger partial charge is 0.323 e. The number of halogens is 1. The van der Waals surface area contributed by atoms with E-state index >= 15 is 0 Å². The molecule has 6 nitrogen and oxygen atoms in total. The van der Waals surface area contributed by atoms with Crippen LogP contribution >= 0.6 is 11.6 Å². The fourth-order valence-electron chi connectivity index (χ4n) is 1.31. The zero-order chi connectivity index (χ0) is 12.3. The lowest BCUT2D eigenvalue weighted by molar-refractivity contribution is -0.116. The Morgan fingerprint density at radius 3 is 3.00 bits per heavy atom. The van der Waals surface area contributed by atoms with Gasteiger partial charge in [-0.05, 0) is 19.1 Å². The number of amides is 1. The molecule has 0 spiro atoms. The number of carbonyl (C=O) groups is 1. The summed E-state index contributed by atoms with van der Waals surface area (Å²) in [6, 6.07) is 3.34. The lowest BCUT2D eigenvalue weighted by Crippen LogP contribution is -2.19. The molecule has 7 heteroatoms. The van der Waals surface area contributed by atoms with Gasteiger partial charge in [-0.1, -0.05) is 11.6 Å². The minimum Gasteiger partial charge on any atom is -0.323 e. The van der Waals surface area contributed by atoms with Crippen molar-refractivity contribution in [1.29, 1.82) is 0 Å². The van der Waals surface area contributed by atoms with Crippen LogP contribution in [-0.4, -0.2) is 25.7 Å². The molecule has 2 rings (SSSR count). The van der Waals surface area contributed by atoms with Crippen molar-refractivity contribution in [2.45, 2.75) is 13.5 Å². The minimum atomic E-state index is -0.192. The van der Waals surface area contributed by atoms with Crippen LogP contribution in [0.15, 0.2) is 24.8 Å². The van der Waals surface area contributed by atoms with E-state index in [2.05, 4.69) is 20.4 Å². The van der Waals surface area contributed by atoms with Crippen LogP contribution in [0.4, 0.5) is 5.69 Å². The van der Waals surface area contributed by atoms with Crippen molar-refractivity contribution < 1.29 is 4.79 Å². The molecule has 0 unspecified atom stereocenters. The van der Waals surface area contributed by atoms with E-state index in [-0.39, 0.29) is 12.5 Å². The predicted octanol–water partition coefficient (Wildman–Crippen LogP) is 1.27. The average Bonchev–Trinajstić information content (AvgIpc) is 2.75. The van der Waals surface area contributed by atoms with Gasteiger partial charge < -0.3 is 5.32 Å². The third kappa shape index (κ3) is 3.01. The summed E-state index contributed by atoms with van der Waals surface area (Å²) in [5.74, 6) is -0.192. The second-order valence-corrected chi connectivity index (χ2v) is 3.80. The fraction of sp³-hybridized carbons (Fsp3) is 0.200. The van der Waals surface area contributed by atoms with E-state index in [1.54, 1.807) is 19.1 Å². The number of hydrogen-bond acceptors (Lipinski definition) is 4. The molecule has 0 radical (unpaired) electrons. The van der Waals surface area contributed by atoms with Gasteiger partial charge in [0, 0.05) is 0 Å². The van der Waals surface area contributed by atoms with Crippen molar-refractivity contribution >= 4 is 23.2 Å². The molecule has 2 aromatic rings. The first kappa shape index (κ1) is 11.5. The van der Waals surface area contributed by atoms with Crippen molar-refractivity contribution in [1.82, 2.24) is 19.7 Å². The molecule has 0 aliphatic carbocycles. The number of rotatable bonds is 3. The van der Waals surface area contributed by atoms with Crippen LogP contribution in [0.1, 0.15) is 5.69 Å². The minimum absolute atomic E-state index is 0.113. The van der Waals surface area contributed by atoms with Crippen molar-refractivity contribution in [2.24, 2.45) is 0 Å². The highest BCUT2D eigenvalue weighted by atomic mass is 35.5. The predicted molar refractivity (Wildman–Crippen MR) is 62.6 cm³/mol. The second-order valence-electron chi connectivity index (χ2n) is 3.41. The van der Waals surface area contributed by atoms with Crippen LogP contribution in [0.2, 0.25) is 5.15 Å². The second kappa shape index (κ2) is 4.92. The average molecular weight is 252 g/mol. The summed E-state index contributed by atoms with van der Waals surface area (Å²) in [5, 5.41) is 6.97. The highest BCUT2D eigenvalue weighted by Crippen LogP contribution is 2.15. The summed E-state index contributed by atoms with van der Waals surface area (Å²) < 4.78 is 1.44. The summed E-state index contributed by atoms with van der Waals surface area (Å²) in [7, 11) is 0. The molecule has 0 aliphatic heterocycles. The number of carbonyl (C=O) groups excluding carboxylic acids is 1. The molecule has 0 bridgehead atoms. The fourth-order valence-corrected chi connectivity index (χ4v) is 1.50. The van der Waals surface area contributed by atoms with Crippen molar-refractivity contribution in [2.75, 3.05) is 5.32 Å². The zero-order valence-corrected chi connectivity index (χ0v) is 9.85. The zero-order valence-electron chi connectivity index (χ0n) is 9.09. The Kier molecular flexibility index (Phi) is 3.34. The summed E-state index contributed by atoms with van der Waals surface area (Å²) in [6.45, 7) is 1.89. The molecule has 2 heterocycles. The Labute approximate surface area is 103 Å². The molecular weight excluding hydrogens is 242 g/mol. The summed E-state index contributed by atoms with van der Waals surface area (Å²) >= 11 is 5.72. The molecule has 0 fully saturated rings. The molecule has 0 saturated heterocycles. The lowest BCUT2D eigenvalue weighted by Gasteiger charge is -2.07. The van der Waals surface area contributed by atoms with E-state index < -0.39 is 0 Å². The maximum absolute atomic E-state index is 11.7. The van der Waals surface area contributed by atoms with Gasteiger partial charge in [0.1, 0.15) is 24.4 Å². The standard InChI is InChI=1S/C10H10ClN5O/c1-7-8(2-3-9(11)14-7)15-10(17)4-16-6-12-5-13-16/h2-3,5-6H,4H2,1H3,(H,15,17). The third-order valence-corrected chi connectivity index (χ3v) is 2.31. The van der Waals surface area contributed by atoms with Crippen molar-refractivity contribution in [3.05, 3.63) is 35.6 Å². The molecule has 0 atom stereocenters. The first-order valence-electron chi connectivity index (χ1n) is 4.90. The Morgan fingerprint density at radius 1 is 1.53 bits per heavy atom. The molecule has 0 aliphatic rings. The monoisotopic (exact) mass is 251 g/mol. The number of pyridine rings is 1. The van der Waals surface area contributed by atoms with Crippen LogP contribution < -0.4 is 5.32 Å². The number of hydrogen-bond donors (Lipinski definition) is 1. The van der Waals surface area contributed by atoms with Crippen LogP contribution in [0, 0.1) is 6.92 Å². The number of aryl methyl sites for hydroxylation is 1. The first-order valence-corrected chi connectivity index (χ1v) is 5.28. The van der Waals surface area contributed by atoms with Crippen LogP contribution in [0.25, 0.3) is 0 Å². The van der Waals surface area contributed by atoms with Gasteiger partial charge in [-0.15, -0.1) is 0 Å². The van der Waals surface area contributed by atoms with Gasteiger partial charge in [-0.25, -0.2) is 14.6 Å². The molecule has 88 valence electrons. The number of aromatic nitrogens is 4. The lowest BCUT2D eigenvalue weighted by atomic mass is 10.3. The van der Waals surface area contributed by atoms with Gasteiger partial charge in [-0.3, -0.25) is 4.79 Å². The molecule has 1 N–H and O–H groups in total. The smallest absolute Gasteiger partial charge is 0.246 e. The molecular formula is C10H10ClN5O. The summed E-state index contributed by atoms with van der Waals surface area (Å²) in [6.07, 6.45) is 2.86. The SMILES string of the molecule is Cc1nc(Cl)ccc1NC(=O)Cn1cncn1. The Morgan fingerprint density at radius 2 is 2.35 bits per heavy atom. The molecule has 0 saturated carbocycles. The number of anilines is 1. The van der Waals surface area contributed by atoms with E-state index in [0.29, 0.717) is 16.5 Å². The van der Waals surface area contributed by atoms with E-state index in [1.165, 1.54) is 17.3 Å². The molecule has 0 aromatic carbocycles. The highest BCUT2D eigenvalue weighted by molar-refractivity contribution is 6.29. The van der Waals surface area contributed by atoms with E-state index in [4.69, 9.17) is 11.6 Å². The van der Waals surface area contributed by atoms with Crippen LogP contribution in [0.3, 0.4) is 0 Å². The van der Waals surface area contributed by atoms with Crippen LogP contribution in [-0.2, 0) is 11.3 Å². The van der Waals surface area contributed by atoms with E-state index in [1.807, 2.05) is 0 Å². The Hall–Kier alpha value is -1.95. The Bertz CT molecular complexity index is 525. The van der Waals surface area contributed by atoms with Crippen molar-refractivity contribution in [3.63, 3.8) is 0 Å². The third-order valence-electron chi connectivity index (χ3n) is 2.10. The maximum Gasteiger partial charge on any atom is 0.246 e. The quantitative estimate of drug-likeness (QED) is 0.834. The van der Waals surface area contributed by atoms with Gasteiger partial charge >= 0.3 is 0 Å². The van der Waals surface area contributed by atoms with Crippen LogP contribution in [0.5, 0.6) is 0 Å². The summed E-state index contributed by atoms with van der Waals surface area (Å²) in [4.78, 5) is 19.4. The Balaban J connectivity index is 2.03. The molecule has 1 amide bonds. The maximum atomic E-state index is 11.7. The van der Waals surface area contributed by atoms with Gasteiger partial charge in [0.25, 0.3) is 0 Å². The van der Waals surface area contributed by atoms with Crippen molar-refractivity contribution in [3.8, 4) is 0 Å². The normalized spacial score (nSPS) is 10.2. The van der Waals surface area contributed by atoms with E-state index in [0.717, 1.165) is 0 Å². The van der Waals surface area contributed by atoms with Gasteiger partial charge in [0.15, 0.2) is 0 Å². The topological polar surface area (TPSA) is 72.7 Å². The molecule has 17 heavy (non-hydrogen) atoms. The van der Waals surface area contributed by atoms with Gasteiger partial charge in [0.05, 0.1) is 11.4 Å². The number of nitrogens with zero attached hydrogens (tertiary/aromatic N) is 4.